The summed E-state index contributed by atoms with van der Waals surface area (Å²) in [6.07, 6.45) is 1.32. The zero-order chi connectivity index (χ0) is 13.2. The van der Waals surface area contributed by atoms with Gasteiger partial charge in [0, 0.05) is 6.54 Å². The maximum absolute atomic E-state index is 12.3. The average molecular weight is 267 g/mol. The molecule has 1 N–H and O–H groups in total. The molecule has 6 heteroatoms. The number of aromatic hydroxyl groups is 1. The SMILES string of the molecule is CCN(c1ccc(O)cc1)S(=O)(=O)c1ccco1. The Balaban J connectivity index is 2.43. The van der Waals surface area contributed by atoms with E-state index >= 15 is 0 Å². The van der Waals surface area contributed by atoms with E-state index in [2.05, 4.69) is 0 Å². The van der Waals surface area contributed by atoms with Gasteiger partial charge in [0.2, 0.25) is 5.09 Å². The molecule has 2 aromatic rings. The quantitative estimate of drug-likeness (QED) is 0.921. The van der Waals surface area contributed by atoms with Crippen molar-refractivity contribution in [1.29, 1.82) is 0 Å². The molecule has 2 rings (SSSR count). The average Bonchev–Trinajstić information content (AvgIpc) is 2.86. The second-order valence-electron chi connectivity index (χ2n) is 3.62. The molecule has 0 aliphatic carbocycles. The van der Waals surface area contributed by atoms with Gasteiger partial charge in [0.15, 0.2) is 0 Å². The van der Waals surface area contributed by atoms with Gasteiger partial charge >= 0.3 is 0 Å². The van der Waals surface area contributed by atoms with Crippen LogP contribution in [0.3, 0.4) is 0 Å². The van der Waals surface area contributed by atoms with Crippen LogP contribution in [0, 0.1) is 0 Å². The lowest BCUT2D eigenvalue weighted by Crippen LogP contribution is -2.30. The molecule has 1 heterocycles. The number of furan rings is 1. The summed E-state index contributed by atoms with van der Waals surface area (Å²) in [6, 6.07) is 8.89. The van der Waals surface area contributed by atoms with Crippen molar-refractivity contribution < 1.29 is 17.9 Å². The highest BCUT2D eigenvalue weighted by atomic mass is 32.2. The highest BCUT2D eigenvalue weighted by molar-refractivity contribution is 7.92. The van der Waals surface area contributed by atoms with Gasteiger partial charge in [0.1, 0.15) is 5.75 Å². The Kier molecular flexibility index (Phi) is 3.29. The van der Waals surface area contributed by atoms with Crippen LogP contribution in [0.1, 0.15) is 6.92 Å². The normalized spacial score (nSPS) is 11.4. The fourth-order valence-electron chi connectivity index (χ4n) is 1.63. The van der Waals surface area contributed by atoms with Crippen LogP contribution in [-0.2, 0) is 10.0 Å². The highest BCUT2D eigenvalue weighted by Gasteiger charge is 2.25. The molecule has 0 atom stereocenters. The molecule has 0 spiro atoms. The number of nitrogens with zero attached hydrogens (tertiary/aromatic N) is 1. The minimum Gasteiger partial charge on any atom is -0.508 e. The van der Waals surface area contributed by atoms with Crippen LogP contribution in [0.25, 0.3) is 0 Å². The van der Waals surface area contributed by atoms with Crippen molar-refractivity contribution in [2.45, 2.75) is 12.0 Å². The van der Waals surface area contributed by atoms with Gasteiger partial charge < -0.3 is 9.52 Å². The van der Waals surface area contributed by atoms with E-state index in [1.807, 2.05) is 0 Å². The molecule has 0 saturated carbocycles. The largest absolute Gasteiger partial charge is 0.508 e. The standard InChI is InChI=1S/C12H13NO4S/c1-2-13(10-5-7-11(14)8-6-10)18(15,16)12-4-3-9-17-12/h3-9,14H,2H2,1H3. The predicted octanol–water partition coefficient (Wildman–Crippen LogP) is 2.20. The van der Waals surface area contributed by atoms with Crippen molar-refractivity contribution in [3.63, 3.8) is 0 Å². The third-order valence-corrected chi connectivity index (χ3v) is 4.25. The maximum Gasteiger partial charge on any atom is 0.297 e. The zero-order valence-corrected chi connectivity index (χ0v) is 10.6. The van der Waals surface area contributed by atoms with Gasteiger partial charge in [-0.15, -0.1) is 0 Å². The molecule has 0 radical (unpaired) electrons. The first-order valence-corrected chi connectivity index (χ1v) is 6.85. The smallest absolute Gasteiger partial charge is 0.297 e. The molecule has 0 aliphatic heterocycles. The first-order chi connectivity index (χ1) is 8.55. The number of phenols is 1. The van der Waals surface area contributed by atoms with E-state index in [1.165, 1.54) is 34.8 Å². The van der Waals surface area contributed by atoms with Gasteiger partial charge in [-0.1, -0.05) is 0 Å². The van der Waals surface area contributed by atoms with Crippen LogP contribution in [0.2, 0.25) is 0 Å². The Hall–Kier alpha value is -1.95. The summed E-state index contributed by atoms with van der Waals surface area (Å²) in [5, 5.41) is 9.11. The lowest BCUT2D eigenvalue weighted by Gasteiger charge is -2.21. The fourth-order valence-corrected chi connectivity index (χ4v) is 3.01. The van der Waals surface area contributed by atoms with Gasteiger partial charge in [-0.3, -0.25) is 4.31 Å². The van der Waals surface area contributed by atoms with Crippen molar-refractivity contribution in [2.24, 2.45) is 0 Å². The van der Waals surface area contributed by atoms with Gasteiger partial charge in [0.25, 0.3) is 10.0 Å². The van der Waals surface area contributed by atoms with Crippen molar-refractivity contribution in [3.05, 3.63) is 42.7 Å². The Morgan fingerprint density at radius 2 is 1.89 bits per heavy atom. The summed E-state index contributed by atoms with van der Waals surface area (Å²) in [6.45, 7) is 2.00. The first kappa shape index (κ1) is 12.5. The van der Waals surface area contributed by atoms with E-state index in [0.29, 0.717) is 5.69 Å². The summed E-state index contributed by atoms with van der Waals surface area (Å²) >= 11 is 0. The van der Waals surface area contributed by atoms with Crippen LogP contribution < -0.4 is 4.31 Å². The van der Waals surface area contributed by atoms with Crippen molar-refractivity contribution in [2.75, 3.05) is 10.8 Å². The number of sulfonamides is 1. The molecular formula is C12H13NO4S. The molecule has 0 amide bonds. The number of hydrogen-bond acceptors (Lipinski definition) is 4. The van der Waals surface area contributed by atoms with E-state index in [4.69, 9.17) is 4.42 Å². The third kappa shape index (κ3) is 2.19. The summed E-state index contributed by atoms with van der Waals surface area (Å²) in [5.74, 6) is 0.0881. The Bertz CT molecular complexity index is 602. The van der Waals surface area contributed by atoms with Crippen LogP contribution in [0.15, 0.2) is 52.2 Å². The second-order valence-corrected chi connectivity index (χ2v) is 5.41. The highest BCUT2D eigenvalue weighted by Crippen LogP contribution is 2.25. The van der Waals surface area contributed by atoms with Crippen molar-refractivity contribution in [3.8, 4) is 5.75 Å². The van der Waals surface area contributed by atoms with Gasteiger partial charge in [0.05, 0.1) is 12.0 Å². The molecule has 0 bridgehead atoms. The minimum atomic E-state index is -3.69. The van der Waals surface area contributed by atoms with E-state index in [-0.39, 0.29) is 17.4 Å². The van der Waals surface area contributed by atoms with Crippen LogP contribution in [-0.4, -0.2) is 20.1 Å². The van der Waals surface area contributed by atoms with E-state index in [9.17, 15) is 13.5 Å². The number of benzene rings is 1. The van der Waals surface area contributed by atoms with Crippen LogP contribution >= 0.6 is 0 Å². The van der Waals surface area contributed by atoms with E-state index in [1.54, 1.807) is 19.1 Å². The molecule has 0 fully saturated rings. The molecule has 0 unspecified atom stereocenters. The summed E-state index contributed by atoms with van der Waals surface area (Å²) < 4.78 is 30.7. The molecule has 1 aromatic carbocycles. The van der Waals surface area contributed by atoms with Gasteiger partial charge in [-0.05, 0) is 43.3 Å². The van der Waals surface area contributed by atoms with Gasteiger partial charge in [-0.2, -0.15) is 8.42 Å². The summed E-state index contributed by atoms with van der Waals surface area (Å²) in [5.41, 5.74) is 0.478. The number of rotatable bonds is 4. The maximum atomic E-state index is 12.3. The third-order valence-electron chi connectivity index (χ3n) is 2.46. The minimum absolute atomic E-state index is 0.0881. The lowest BCUT2D eigenvalue weighted by atomic mass is 10.3. The molecule has 0 aliphatic rings. The van der Waals surface area contributed by atoms with Crippen molar-refractivity contribution >= 4 is 15.7 Å². The van der Waals surface area contributed by atoms with Crippen LogP contribution in [0.5, 0.6) is 5.75 Å². The van der Waals surface area contributed by atoms with E-state index in [0.717, 1.165) is 0 Å². The molecule has 96 valence electrons. The van der Waals surface area contributed by atoms with E-state index < -0.39 is 10.0 Å². The number of phenolic OH excluding ortho intramolecular Hbond substituents is 1. The number of hydrogen-bond donors (Lipinski definition) is 1. The molecular weight excluding hydrogens is 254 g/mol. The summed E-state index contributed by atoms with van der Waals surface area (Å²) in [7, 11) is -3.69. The van der Waals surface area contributed by atoms with Crippen molar-refractivity contribution in [1.82, 2.24) is 0 Å². The lowest BCUT2D eigenvalue weighted by molar-refractivity contribution is 0.449. The first-order valence-electron chi connectivity index (χ1n) is 5.41. The fraction of sp³-hybridized carbons (Fsp3) is 0.167. The monoisotopic (exact) mass is 267 g/mol. The topological polar surface area (TPSA) is 70.8 Å². The second kappa shape index (κ2) is 4.73. The van der Waals surface area contributed by atoms with Crippen LogP contribution in [0.4, 0.5) is 5.69 Å². The Morgan fingerprint density at radius 1 is 1.22 bits per heavy atom. The Morgan fingerprint density at radius 3 is 2.39 bits per heavy atom. The molecule has 0 saturated heterocycles. The molecule has 5 nitrogen and oxygen atoms in total. The summed E-state index contributed by atoms with van der Waals surface area (Å²) in [4.78, 5) is 0. The number of anilines is 1. The Labute approximate surface area is 105 Å². The zero-order valence-electron chi connectivity index (χ0n) is 9.78. The van der Waals surface area contributed by atoms with Gasteiger partial charge in [-0.25, -0.2) is 0 Å². The molecule has 1 aromatic heterocycles. The molecule has 18 heavy (non-hydrogen) atoms. The predicted molar refractivity (Wildman–Crippen MR) is 67.0 cm³/mol.